The summed E-state index contributed by atoms with van der Waals surface area (Å²) in [7, 11) is 0. The smallest absolute Gasteiger partial charge is 0.416 e. The molecule has 1 N–H and O–H groups in total. The van der Waals surface area contributed by atoms with E-state index >= 15 is 0 Å². The van der Waals surface area contributed by atoms with Crippen molar-refractivity contribution in [3.8, 4) is 17.5 Å². The van der Waals surface area contributed by atoms with Gasteiger partial charge in [-0.1, -0.05) is 12.1 Å². The van der Waals surface area contributed by atoms with Crippen LogP contribution in [0.2, 0.25) is 0 Å². The molecular formula is C17H11F3N4O. The molecule has 0 unspecified atom stereocenters. The highest BCUT2D eigenvalue weighted by atomic mass is 19.4. The molecule has 126 valence electrons. The molecule has 1 aromatic heterocycles. The van der Waals surface area contributed by atoms with Crippen molar-refractivity contribution >= 4 is 11.4 Å². The fraction of sp³-hybridized carbons (Fsp3) is 0.118. The van der Waals surface area contributed by atoms with Gasteiger partial charge < -0.3 is 9.73 Å². The standard InChI is InChI=1S/C17H11F3N4O/c18-17(19,20)11-5-7-12(8-6-11)22-14-4-2-1-3-13(14)16-24-23-15(25-16)9-10-21/h1-8,22H,9H2. The number of nitrogens with one attached hydrogen (secondary N) is 1. The van der Waals surface area contributed by atoms with Gasteiger partial charge in [0.1, 0.15) is 6.42 Å². The van der Waals surface area contributed by atoms with Crippen molar-refractivity contribution in [2.75, 3.05) is 5.32 Å². The third-order valence-electron chi connectivity index (χ3n) is 3.35. The predicted molar refractivity (Wildman–Crippen MR) is 83.8 cm³/mol. The maximum absolute atomic E-state index is 12.6. The highest BCUT2D eigenvalue weighted by Gasteiger charge is 2.29. The molecule has 3 rings (SSSR count). The number of hydrogen-bond acceptors (Lipinski definition) is 5. The first-order valence-corrected chi connectivity index (χ1v) is 7.20. The van der Waals surface area contributed by atoms with E-state index in [1.807, 2.05) is 6.07 Å². The van der Waals surface area contributed by atoms with Gasteiger partial charge in [0.25, 0.3) is 0 Å². The lowest BCUT2D eigenvalue weighted by Gasteiger charge is -2.11. The summed E-state index contributed by atoms with van der Waals surface area (Å²) in [6.07, 6.45) is -4.38. The number of nitriles is 1. The van der Waals surface area contributed by atoms with E-state index in [4.69, 9.17) is 9.68 Å². The average Bonchev–Trinajstić information content (AvgIpc) is 3.04. The van der Waals surface area contributed by atoms with E-state index in [1.54, 1.807) is 24.3 Å². The molecule has 0 spiro atoms. The summed E-state index contributed by atoms with van der Waals surface area (Å²) >= 11 is 0. The largest absolute Gasteiger partial charge is 0.419 e. The summed E-state index contributed by atoms with van der Waals surface area (Å²) in [6, 6.07) is 13.6. The second-order valence-electron chi connectivity index (χ2n) is 5.08. The van der Waals surface area contributed by atoms with Gasteiger partial charge in [0, 0.05) is 5.69 Å². The van der Waals surface area contributed by atoms with E-state index in [9.17, 15) is 13.2 Å². The predicted octanol–water partition coefficient (Wildman–Crippen LogP) is 4.57. The lowest BCUT2D eigenvalue weighted by molar-refractivity contribution is -0.137. The van der Waals surface area contributed by atoms with Crippen LogP contribution in [0.3, 0.4) is 0 Å². The zero-order valence-corrected chi connectivity index (χ0v) is 12.7. The molecule has 2 aromatic carbocycles. The molecule has 0 aliphatic carbocycles. The van der Waals surface area contributed by atoms with Crippen LogP contribution in [-0.4, -0.2) is 10.2 Å². The first-order chi connectivity index (χ1) is 12.0. The molecule has 0 aliphatic rings. The minimum atomic E-state index is -4.38. The van der Waals surface area contributed by atoms with Crippen LogP contribution >= 0.6 is 0 Å². The van der Waals surface area contributed by atoms with Crippen LogP contribution in [0.25, 0.3) is 11.5 Å². The Hall–Kier alpha value is -3.34. The van der Waals surface area contributed by atoms with E-state index in [1.165, 1.54) is 12.1 Å². The summed E-state index contributed by atoms with van der Waals surface area (Å²) < 4.78 is 43.3. The van der Waals surface area contributed by atoms with Crippen LogP contribution < -0.4 is 5.32 Å². The van der Waals surface area contributed by atoms with Gasteiger partial charge in [-0.2, -0.15) is 18.4 Å². The van der Waals surface area contributed by atoms with Crippen LogP contribution in [0.1, 0.15) is 11.5 Å². The van der Waals surface area contributed by atoms with E-state index in [0.717, 1.165) is 12.1 Å². The molecule has 5 nitrogen and oxygen atoms in total. The van der Waals surface area contributed by atoms with Crippen molar-refractivity contribution in [1.82, 2.24) is 10.2 Å². The molecule has 8 heteroatoms. The highest BCUT2D eigenvalue weighted by molar-refractivity contribution is 5.76. The van der Waals surface area contributed by atoms with E-state index in [-0.39, 0.29) is 18.2 Å². The van der Waals surface area contributed by atoms with Crippen molar-refractivity contribution in [3.63, 3.8) is 0 Å². The van der Waals surface area contributed by atoms with Gasteiger partial charge in [0.15, 0.2) is 0 Å². The first-order valence-electron chi connectivity index (χ1n) is 7.20. The Morgan fingerprint density at radius 1 is 1.04 bits per heavy atom. The first kappa shape index (κ1) is 16.5. The summed E-state index contributed by atoms with van der Waals surface area (Å²) in [5.41, 5.74) is 0.940. The normalized spacial score (nSPS) is 11.1. The third-order valence-corrected chi connectivity index (χ3v) is 3.35. The van der Waals surface area contributed by atoms with Crippen LogP contribution in [0.15, 0.2) is 52.9 Å². The number of nitrogens with zero attached hydrogens (tertiary/aromatic N) is 3. The Labute approximate surface area is 140 Å². The van der Waals surface area contributed by atoms with Crippen molar-refractivity contribution in [3.05, 3.63) is 60.0 Å². The van der Waals surface area contributed by atoms with Gasteiger partial charge in [-0.05, 0) is 36.4 Å². The molecule has 25 heavy (non-hydrogen) atoms. The minimum absolute atomic E-state index is 0.00149. The fourth-order valence-electron chi connectivity index (χ4n) is 2.18. The number of aromatic nitrogens is 2. The number of para-hydroxylation sites is 1. The van der Waals surface area contributed by atoms with Gasteiger partial charge >= 0.3 is 6.18 Å². The summed E-state index contributed by atoms with van der Waals surface area (Å²) in [4.78, 5) is 0. The zero-order valence-electron chi connectivity index (χ0n) is 12.7. The van der Waals surface area contributed by atoms with Crippen molar-refractivity contribution in [2.45, 2.75) is 12.6 Å². The number of rotatable bonds is 4. The fourth-order valence-corrected chi connectivity index (χ4v) is 2.18. The Morgan fingerprint density at radius 2 is 1.76 bits per heavy atom. The Balaban J connectivity index is 1.87. The zero-order chi connectivity index (χ0) is 17.9. The van der Waals surface area contributed by atoms with E-state index in [2.05, 4.69) is 15.5 Å². The molecule has 0 amide bonds. The number of alkyl halides is 3. The second-order valence-corrected chi connectivity index (χ2v) is 5.08. The highest BCUT2D eigenvalue weighted by Crippen LogP contribution is 2.32. The van der Waals surface area contributed by atoms with Gasteiger partial charge in [0.2, 0.25) is 11.8 Å². The van der Waals surface area contributed by atoms with Crippen LogP contribution in [0.4, 0.5) is 24.5 Å². The number of anilines is 2. The number of benzene rings is 2. The van der Waals surface area contributed by atoms with Crippen LogP contribution in [0.5, 0.6) is 0 Å². The molecule has 0 bridgehead atoms. The molecule has 0 saturated carbocycles. The maximum atomic E-state index is 12.6. The molecule has 0 saturated heterocycles. The summed E-state index contributed by atoms with van der Waals surface area (Å²) in [5, 5.41) is 19.4. The average molecular weight is 344 g/mol. The van der Waals surface area contributed by atoms with Gasteiger partial charge in [0.05, 0.1) is 22.9 Å². The van der Waals surface area contributed by atoms with E-state index < -0.39 is 11.7 Å². The molecule has 0 fully saturated rings. The van der Waals surface area contributed by atoms with Gasteiger partial charge in [-0.15, -0.1) is 10.2 Å². The molecule has 0 atom stereocenters. The van der Waals surface area contributed by atoms with Crippen molar-refractivity contribution in [2.24, 2.45) is 0 Å². The molecular weight excluding hydrogens is 333 g/mol. The van der Waals surface area contributed by atoms with Gasteiger partial charge in [-0.3, -0.25) is 0 Å². The van der Waals surface area contributed by atoms with Crippen LogP contribution in [-0.2, 0) is 12.6 Å². The Bertz CT molecular complexity index is 911. The quantitative estimate of drug-likeness (QED) is 0.751. The summed E-state index contributed by atoms with van der Waals surface area (Å²) in [6.45, 7) is 0. The second kappa shape index (κ2) is 6.65. The minimum Gasteiger partial charge on any atom is -0.419 e. The molecule has 0 aliphatic heterocycles. The molecule has 0 radical (unpaired) electrons. The summed E-state index contributed by atoms with van der Waals surface area (Å²) in [5.74, 6) is 0.419. The molecule has 1 heterocycles. The monoisotopic (exact) mass is 344 g/mol. The van der Waals surface area contributed by atoms with E-state index in [0.29, 0.717) is 16.9 Å². The van der Waals surface area contributed by atoms with Crippen LogP contribution in [0, 0.1) is 11.3 Å². The number of hydrogen-bond donors (Lipinski definition) is 1. The molecule has 3 aromatic rings. The Morgan fingerprint density at radius 3 is 2.44 bits per heavy atom. The third kappa shape index (κ3) is 3.77. The SMILES string of the molecule is N#CCc1nnc(-c2ccccc2Nc2ccc(C(F)(F)F)cc2)o1. The van der Waals surface area contributed by atoms with Gasteiger partial charge in [-0.25, -0.2) is 0 Å². The lowest BCUT2D eigenvalue weighted by atomic mass is 10.1. The number of halogens is 3. The van der Waals surface area contributed by atoms with Crippen molar-refractivity contribution < 1.29 is 17.6 Å². The maximum Gasteiger partial charge on any atom is 0.416 e. The Kier molecular flexibility index (Phi) is 4.39. The van der Waals surface area contributed by atoms with Crippen molar-refractivity contribution in [1.29, 1.82) is 5.26 Å². The lowest BCUT2D eigenvalue weighted by Crippen LogP contribution is -2.04. The topological polar surface area (TPSA) is 74.7 Å².